The molecule has 9 heteroatoms. The third-order valence-electron chi connectivity index (χ3n) is 6.00. The van der Waals surface area contributed by atoms with E-state index in [0.717, 1.165) is 11.1 Å². The van der Waals surface area contributed by atoms with Gasteiger partial charge in [0.05, 0.1) is 11.6 Å². The Hall–Kier alpha value is -3.38. The predicted octanol–water partition coefficient (Wildman–Crippen LogP) is 4.78. The van der Waals surface area contributed by atoms with Gasteiger partial charge in [-0.05, 0) is 60.9 Å². The van der Waals surface area contributed by atoms with Crippen LogP contribution in [-0.2, 0) is 21.2 Å². The van der Waals surface area contributed by atoms with E-state index in [2.05, 4.69) is 0 Å². The molecule has 0 radical (unpaired) electrons. The second-order valence-corrected chi connectivity index (χ2v) is 11.0. The van der Waals surface area contributed by atoms with Gasteiger partial charge in [-0.25, -0.2) is 8.42 Å². The van der Waals surface area contributed by atoms with Crippen LogP contribution in [0, 0.1) is 18.3 Å². The normalized spacial score (nSPS) is 14.3. The van der Waals surface area contributed by atoms with Gasteiger partial charge in [-0.3, -0.25) is 4.79 Å². The zero-order valence-corrected chi connectivity index (χ0v) is 21.4. The van der Waals surface area contributed by atoms with E-state index in [4.69, 9.17) is 16.3 Å². The number of carbonyl (C=O) groups excluding carboxylic acids is 1. The van der Waals surface area contributed by atoms with Crippen molar-refractivity contribution in [2.75, 3.05) is 26.2 Å². The lowest BCUT2D eigenvalue weighted by Crippen LogP contribution is -2.50. The Labute approximate surface area is 216 Å². The summed E-state index contributed by atoms with van der Waals surface area (Å²) in [6.45, 7) is 2.77. The monoisotopic (exact) mass is 523 g/mol. The number of hydrogen-bond acceptors (Lipinski definition) is 5. The molecule has 0 spiro atoms. The number of sulfonamides is 1. The van der Waals surface area contributed by atoms with Gasteiger partial charge in [0.25, 0.3) is 0 Å². The minimum Gasteiger partial charge on any atom is -0.456 e. The summed E-state index contributed by atoms with van der Waals surface area (Å²) in [6.07, 6.45) is 1.01. The van der Waals surface area contributed by atoms with E-state index >= 15 is 0 Å². The van der Waals surface area contributed by atoms with Crippen LogP contribution in [0.1, 0.15) is 23.1 Å². The molecule has 0 bridgehead atoms. The smallest absolute Gasteiger partial charge is 0.246 e. The average molecular weight is 524 g/mol. The fourth-order valence-corrected chi connectivity index (χ4v) is 5.96. The molecule has 0 aromatic heterocycles. The largest absolute Gasteiger partial charge is 0.456 e. The number of carbonyl (C=O) groups is 1. The molecule has 0 N–H and O–H groups in total. The van der Waals surface area contributed by atoms with Gasteiger partial charge in [0, 0.05) is 37.6 Å². The number of hydrogen-bond donors (Lipinski definition) is 0. The summed E-state index contributed by atoms with van der Waals surface area (Å²) < 4.78 is 34.4. The SMILES string of the molecule is Cc1cc(Cl)cc(Oc2ccc(C#N)cc2S(=O)(=O)N2CCN(C(=O)CCc3ccccc3)CC2)c1. The van der Waals surface area contributed by atoms with Crippen molar-refractivity contribution in [3.8, 4) is 17.6 Å². The summed E-state index contributed by atoms with van der Waals surface area (Å²) in [5.41, 5.74) is 2.16. The molecule has 0 saturated carbocycles. The summed E-state index contributed by atoms with van der Waals surface area (Å²) in [7, 11) is -3.98. The van der Waals surface area contributed by atoms with Gasteiger partial charge in [-0.2, -0.15) is 9.57 Å². The third kappa shape index (κ3) is 6.05. The Morgan fingerprint density at radius 3 is 2.42 bits per heavy atom. The van der Waals surface area contributed by atoms with E-state index in [0.29, 0.717) is 36.7 Å². The van der Waals surface area contributed by atoms with Crippen LogP contribution in [0.3, 0.4) is 0 Å². The summed E-state index contributed by atoms with van der Waals surface area (Å²) in [5.74, 6) is 0.509. The van der Waals surface area contributed by atoms with Gasteiger partial charge in [-0.15, -0.1) is 0 Å². The van der Waals surface area contributed by atoms with Crippen LogP contribution in [0.4, 0.5) is 0 Å². The Kier molecular flexibility index (Phi) is 7.94. The van der Waals surface area contributed by atoms with Gasteiger partial charge in [0.15, 0.2) is 0 Å². The molecule has 1 fully saturated rings. The van der Waals surface area contributed by atoms with Crippen molar-refractivity contribution in [1.82, 2.24) is 9.21 Å². The Bertz CT molecular complexity index is 1380. The van der Waals surface area contributed by atoms with Gasteiger partial charge < -0.3 is 9.64 Å². The van der Waals surface area contributed by atoms with Crippen molar-refractivity contribution in [1.29, 1.82) is 5.26 Å². The van der Waals surface area contributed by atoms with Crippen LogP contribution in [0.25, 0.3) is 0 Å². The van der Waals surface area contributed by atoms with Gasteiger partial charge in [-0.1, -0.05) is 41.9 Å². The Balaban J connectivity index is 1.48. The summed E-state index contributed by atoms with van der Waals surface area (Å²) in [4.78, 5) is 14.3. The molecule has 1 aliphatic rings. The van der Waals surface area contributed by atoms with Crippen LogP contribution >= 0.6 is 11.6 Å². The zero-order chi connectivity index (χ0) is 25.7. The number of aryl methyl sites for hydroxylation is 2. The Morgan fingerprint density at radius 2 is 1.75 bits per heavy atom. The number of rotatable bonds is 7. The van der Waals surface area contributed by atoms with Crippen molar-refractivity contribution in [2.24, 2.45) is 0 Å². The molecule has 0 aliphatic carbocycles. The van der Waals surface area contributed by atoms with Gasteiger partial charge >= 0.3 is 0 Å². The zero-order valence-electron chi connectivity index (χ0n) is 19.9. The summed E-state index contributed by atoms with van der Waals surface area (Å²) in [5, 5.41) is 9.83. The average Bonchev–Trinajstić information content (AvgIpc) is 2.87. The molecule has 0 atom stereocenters. The van der Waals surface area contributed by atoms with Gasteiger partial charge in [0.1, 0.15) is 16.4 Å². The number of amides is 1. The fraction of sp³-hybridized carbons (Fsp3) is 0.259. The molecule has 0 unspecified atom stereocenters. The lowest BCUT2D eigenvalue weighted by molar-refractivity contribution is -0.132. The molecule has 3 aromatic carbocycles. The molecule has 1 amide bonds. The quantitative estimate of drug-likeness (QED) is 0.444. The third-order valence-corrected chi connectivity index (χ3v) is 8.13. The topological polar surface area (TPSA) is 90.7 Å². The maximum atomic E-state index is 13.6. The van der Waals surface area contributed by atoms with E-state index < -0.39 is 10.0 Å². The minimum atomic E-state index is -3.98. The van der Waals surface area contributed by atoms with Crippen LogP contribution in [0.2, 0.25) is 5.02 Å². The first kappa shape index (κ1) is 25.7. The lowest BCUT2D eigenvalue weighted by Gasteiger charge is -2.34. The highest BCUT2D eigenvalue weighted by atomic mass is 35.5. The van der Waals surface area contributed by atoms with E-state index in [1.54, 1.807) is 23.1 Å². The van der Waals surface area contributed by atoms with Crippen molar-refractivity contribution in [3.05, 3.63) is 88.4 Å². The number of benzene rings is 3. The van der Waals surface area contributed by atoms with E-state index in [1.807, 2.05) is 43.3 Å². The fourth-order valence-electron chi connectivity index (χ4n) is 4.12. The van der Waals surface area contributed by atoms with Crippen LogP contribution < -0.4 is 4.74 Å². The van der Waals surface area contributed by atoms with E-state index in [-0.39, 0.29) is 35.2 Å². The summed E-state index contributed by atoms with van der Waals surface area (Å²) >= 11 is 6.13. The first-order valence-electron chi connectivity index (χ1n) is 11.6. The second kappa shape index (κ2) is 11.1. The number of piperazine rings is 1. The molecule has 3 aromatic rings. The maximum absolute atomic E-state index is 13.6. The molecule has 1 saturated heterocycles. The van der Waals surface area contributed by atoms with Crippen molar-refractivity contribution in [3.63, 3.8) is 0 Å². The van der Waals surface area contributed by atoms with Crippen molar-refractivity contribution >= 4 is 27.5 Å². The lowest BCUT2D eigenvalue weighted by atomic mass is 10.1. The second-order valence-electron chi connectivity index (χ2n) is 8.61. The van der Waals surface area contributed by atoms with Crippen molar-refractivity contribution < 1.29 is 17.9 Å². The highest BCUT2D eigenvalue weighted by Gasteiger charge is 2.32. The molecular weight excluding hydrogens is 498 g/mol. The van der Waals surface area contributed by atoms with Crippen molar-refractivity contribution in [2.45, 2.75) is 24.7 Å². The molecule has 1 heterocycles. The number of nitrogens with zero attached hydrogens (tertiary/aromatic N) is 3. The molecule has 4 rings (SSSR count). The highest BCUT2D eigenvalue weighted by molar-refractivity contribution is 7.89. The molecule has 186 valence electrons. The minimum absolute atomic E-state index is 0.00253. The van der Waals surface area contributed by atoms with Crippen LogP contribution in [0.15, 0.2) is 71.6 Å². The standard InChI is InChI=1S/C27H26ClN3O4S/c1-20-15-23(28)18-24(16-20)35-25-9-7-22(19-29)17-26(25)36(33,34)31-13-11-30(12-14-31)27(32)10-8-21-5-3-2-4-6-21/h2-7,9,15-18H,8,10-14H2,1H3. The Morgan fingerprint density at radius 1 is 1.03 bits per heavy atom. The van der Waals surface area contributed by atoms with E-state index in [9.17, 15) is 18.5 Å². The first-order chi connectivity index (χ1) is 17.3. The molecule has 1 aliphatic heterocycles. The molecule has 7 nitrogen and oxygen atoms in total. The van der Waals surface area contributed by atoms with Gasteiger partial charge in [0.2, 0.25) is 15.9 Å². The number of halogens is 1. The molecular formula is C27H26ClN3O4S. The highest BCUT2D eigenvalue weighted by Crippen LogP contribution is 2.33. The number of ether oxygens (including phenoxy) is 1. The predicted molar refractivity (Wildman–Crippen MR) is 138 cm³/mol. The van der Waals surface area contributed by atoms with E-state index in [1.165, 1.54) is 22.5 Å². The molecule has 36 heavy (non-hydrogen) atoms. The van der Waals surface area contributed by atoms with Crippen LogP contribution in [0.5, 0.6) is 11.5 Å². The maximum Gasteiger partial charge on any atom is 0.246 e. The summed E-state index contributed by atoms with van der Waals surface area (Å²) in [6, 6.07) is 21.2. The van der Waals surface area contributed by atoms with Crippen LogP contribution in [-0.4, -0.2) is 49.7 Å². The number of nitriles is 1. The first-order valence-corrected chi connectivity index (χ1v) is 13.4.